The molecular weight excluding hydrogens is 321 g/mol. The maximum atomic E-state index is 13.3. The minimum Gasteiger partial charge on any atom is -0.381 e. The Morgan fingerprint density at radius 3 is 2.40 bits per heavy atom. The van der Waals surface area contributed by atoms with Crippen molar-refractivity contribution in [1.29, 1.82) is 0 Å². The molecule has 5 heteroatoms. The summed E-state index contributed by atoms with van der Waals surface area (Å²) in [6.45, 7) is 1.56. The van der Waals surface area contributed by atoms with Gasteiger partial charge in [-0.3, -0.25) is 4.79 Å². The lowest BCUT2D eigenvalue weighted by Crippen LogP contribution is -2.45. The highest BCUT2D eigenvalue weighted by molar-refractivity contribution is 5.82. The number of amides is 1. The second-order valence-electron chi connectivity index (χ2n) is 6.43. The van der Waals surface area contributed by atoms with Crippen LogP contribution >= 0.6 is 0 Å². The molecule has 1 aliphatic rings. The van der Waals surface area contributed by atoms with Gasteiger partial charge in [0.05, 0.1) is 0 Å². The molecule has 132 valence electrons. The summed E-state index contributed by atoms with van der Waals surface area (Å²) in [5, 5.41) is 13.1. The quantitative estimate of drug-likeness (QED) is 0.878. The summed E-state index contributed by atoms with van der Waals surface area (Å²) in [5.74, 6) is -0.714. The Hall–Kier alpha value is -2.24. The highest BCUT2D eigenvalue weighted by atomic mass is 19.1. The number of benzene rings is 2. The molecule has 3 rings (SSSR count). The number of nitrogens with one attached hydrogen (secondary N) is 1. The number of aliphatic hydroxyl groups is 1. The fourth-order valence-electron chi connectivity index (χ4n) is 3.27. The van der Waals surface area contributed by atoms with Gasteiger partial charge in [-0.2, -0.15) is 0 Å². The van der Waals surface area contributed by atoms with Crippen LogP contribution in [0.25, 0.3) is 0 Å². The fourth-order valence-corrected chi connectivity index (χ4v) is 3.27. The smallest absolute Gasteiger partial charge is 0.253 e. The van der Waals surface area contributed by atoms with E-state index < -0.39 is 12.0 Å². The van der Waals surface area contributed by atoms with Gasteiger partial charge >= 0.3 is 0 Å². The third kappa shape index (κ3) is 4.06. The fraction of sp³-hybridized carbons (Fsp3) is 0.350. The summed E-state index contributed by atoms with van der Waals surface area (Å²) in [6.07, 6.45) is 0.270. The molecule has 2 aromatic carbocycles. The number of ether oxygens (including phenoxy) is 1. The van der Waals surface area contributed by atoms with Crippen molar-refractivity contribution < 1.29 is 19.0 Å². The first kappa shape index (κ1) is 17.6. The average molecular weight is 343 g/mol. The van der Waals surface area contributed by atoms with Crippen molar-refractivity contribution in [3.8, 4) is 0 Å². The van der Waals surface area contributed by atoms with E-state index in [2.05, 4.69) is 5.32 Å². The minimum atomic E-state index is -1.20. The zero-order valence-corrected chi connectivity index (χ0v) is 14.0. The number of halogens is 1. The number of rotatable bonds is 5. The van der Waals surface area contributed by atoms with Crippen molar-refractivity contribution in [1.82, 2.24) is 5.32 Å². The molecular formula is C20H22FNO3. The molecule has 2 N–H and O–H groups in total. The second kappa shape index (κ2) is 7.76. The largest absolute Gasteiger partial charge is 0.381 e. The van der Waals surface area contributed by atoms with E-state index in [9.17, 15) is 14.3 Å². The van der Waals surface area contributed by atoms with Crippen molar-refractivity contribution >= 4 is 5.91 Å². The van der Waals surface area contributed by atoms with Gasteiger partial charge in [-0.1, -0.05) is 42.5 Å². The number of hydrogen-bond acceptors (Lipinski definition) is 3. The SMILES string of the molecule is O=C(NCC1(c2ccc(F)cc2)CCOCC1)C(O)c1ccccc1. The highest BCUT2D eigenvalue weighted by Gasteiger charge is 2.35. The normalized spacial score (nSPS) is 17.7. The molecule has 0 aromatic heterocycles. The van der Waals surface area contributed by atoms with Gasteiger partial charge in [0.25, 0.3) is 5.91 Å². The number of hydrogen-bond donors (Lipinski definition) is 2. The van der Waals surface area contributed by atoms with Gasteiger partial charge in [0.1, 0.15) is 5.82 Å². The maximum absolute atomic E-state index is 13.3. The molecule has 0 spiro atoms. The summed E-state index contributed by atoms with van der Waals surface area (Å²) in [7, 11) is 0. The molecule has 1 fully saturated rings. The Kier molecular flexibility index (Phi) is 5.46. The number of carbonyl (C=O) groups is 1. The van der Waals surface area contributed by atoms with Crippen LogP contribution in [0.1, 0.15) is 30.1 Å². The van der Waals surface area contributed by atoms with E-state index in [-0.39, 0.29) is 11.2 Å². The summed E-state index contributed by atoms with van der Waals surface area (Å²) in [6, 6.07) is 15.2. The van der Waals surface area contributed by atoms with E-state index in [0.717, 1.165) is 18.4 Å². The van der Waals surface area contributed by atoms with Crippen LogP contribution < -0.4 is 5.32 Å². The summed E-state index contributed by atoms with van der Waals surface area (Å²) in [5.41, 5.74) is 1.23. The Morgan fingerprint density at radius 2 is 1.76 bits per heavy atom. The van der Waals surface area contributed by atoms with Crippen LogP contribution in [0, 0.1) is 5.82 Å². The van der Waals surface area contributed by atoms with Crippen molar-refractivity contribution in [3.63, 3.8) is 0 Å². The van der Waals surface area contributed by atoms with Crippen LogP contribution in [-0.2, 0) is 14.9 Å². The van der Waals surface area contributed by atoms with Crippen LogP contribution in [0.2, 0.25) is 0 Å². The van der Waals surface area contributed by atoms with Gasteiger partial charge in [-0.25, -0.2) is 4.39 Å². The molecule has 0 radical (unpaired) electrons. The number of carbonyl (C=O) groups excluding carboxylic acids is 1. The average Bonchev–Trinajstić information content (AvgIpc) is 2.67. The van der Waals surface area contributed by atoms with Crippen LogP contribution in [0.4, 0.5) is 4.39 Å². The van der Waals surface area contributed by atoms with Gasteiger partial charge in [0.2, 0.25) is 0 Å². The topological polar surface area (TPSA) is 58.6 Å². The summed E-state index contributed by atoms with van der Waals surface area (Å²) < 4.78 is 18.7. The molecule has 0 bridgehead atoms. The molecule has 4 nitrogen and oxygen atoms in total. The molecule has 25 heavy (non-hydrogen) atoms. The summed E-state index contributed by atoms with van der Waals surface area (Å²) >= 11 is 0. The van der Waals surface area contributed by atoms with Crippen molar-refractivity contribution in [3.05, 3.63) is 71.5 Å². The molecule has 1 saturated heterocycles. The lowest BCUT2D eigenvalue weighted by Gasteiger charge is -2.38. The first-order valence-electron chi connectivity index (χ1n) is 8.45. The monoisotopic (exact) mass is 343 g/mol. The predicted molar refractivity (Wildman–Crippen MR) is 92.5 cm³/mol. The van der Waals surface area contributed by atoms with Gasteiger partial charge < -0.3 is 15.2 Å². The van der Waals surface area contributed by atoms with E-state index in [0.29, 0.717) is 25.3 Å². The molecule has 0 aliphatic carbocycles. The van der Waals surface area contributed by atoms with Crippen LogP contribution in [-0.4, -0.2) is 30.8 Å². The molecule has 1 aliphatic heterocycles. The second-order valence-corrected chi connectivity index (χ2v) is 6.43. The van der Waals surface area contributed by atoms with Gasteiger partial charge in [0.15, 0.2) is 6.10 Å². The molecule has 1 amide bonds. The van der Waals surface area contributed by atoms with E-state index >= 15 is 0 Å². The van der Waals surface area contributed by atoms with Gasteiger partial charge in [-0.15, -0.1) is 0 Å². The predicted octanol–water partition coefficient (Wildman–Crippen LogP) is 2.72. The van der Waals surface area contributed by atoms with Gasteiger partial charge in [-0.05, 0) is 36.1 Å². The van der Waals surface area contributed by atoms with Crippen LogP contribution in [0.5, 0.6) is 0 Å². The number of aliphatic hydroxyl groups excluding tert-OH is 1. The Balaban J connectivity index is 1.73. The molecule has 0 saturated carbocycles. The van der Waals surface area contributed by atoms with E-state index in [1.165, 1.54) is 12.1 Å². The minimum absolute atomic E-state index is 0.283. The maximum Gasteiger partial charge on any atom is 0.253 e. The zero-order chi connectivity index (χ0) is 17.7. The van der Waals surface area contributed by atoms with E-state index in [4.69, 9.17) is 4.74 Å². The van der Waals surface area contributed by atoms with E-state index in [1.54, 1.807) is 36.4 Å². The third-order valence-corrected chi connectivity index (χ3v) is 4.87. The molecule has 1 atom stereocenters. The molecule has 1 unspecified atom stereocenters. The first-order chi connectivity index (χ1) is 12.1. The zero-order valence-electron chi connectivity index (χ0n) is 14.0. The van der Waals surface area contributed by atoms with Crippen molar-refractivity contribution in [2.45, 2.75) is 24.4 Å². The Morgan fingerprint density at radius 1 is 1.12 bits per heavy atom. The molecule has 2 aromatic rings. The van der Waals surface area contributed by atoms with E-state index in [1.807, 2.05) is 6.07 Å². The van der Waals surface area contributed by atoms with Gasteiger partial charge in [0, 0.05) is 25.2 Å². The van der Waals surface area contributed by atoms with Crippen LogP contribution in [0.15, 0.2) is 54.6 Å². The lowest BCUT2D eigenvalue weighted by atomic mass is 9.74. The van der Waals surface area contributed by atoms with Crippen molar-refractivity contribution in [2.24, 2.45) is 0 Å². The molecule has 1 heterocycles. The summed E-state index contributed by atoms with van der Waals surface area (Å²) in [4.78, 5) is 12.4. The first-order valence-corrected chi connectivity index (χ1v) is 8.45. The standard InChI is InChI=1S/C20H22FNO3/c21-17-8-6-16(7-9-17)20(10-12-25-13-11-20)14-22-19(24)18(23)15-4-2-1-3-5-15/h1-9,18,23H,10-14H2,(H,22,24). The van der Waals surface area contributed by atoms with Crippen molar-refractivity contribution in [2.75, 3.05) is 19.8 Å². The third-order valence-electron chi connectivity index (χ3n) is 4.87. The Bertz CT molecular complexity index is 697. The highest BCUT2D eigenvalue weighted by Crippen LogP contribution is 2.34. The lowest BCUT2D eigenvalue weighted by molar-refractivity contribution is -0.130. The Labute approximate surface area is 146 Å². The van der Waals surface area contributed by atoms with Crippen LogP contribution in [0.3, 0.4) is 0 Å².